The van der Waals surface area contributed by atoms with E-state index in [1.165, 1.54) is 0 Å². The van der Waals surface area contributed by atoms with Gasteiger partial charge in [0.15, 0.2) is 0 Å². The number of rotatable bonds is 0. The third kappa shape index (κ3) is 9.22. The maximum absolute atomic E-state index is 8.35. The molecule has 0 heterocycles. The molecule has 0 aromatic carbocycles. The summed E-state index contributed by atoms with van der Waals surface area (Å²) in [6, 6.07) is 0. The Morgan fingerprint density at radius 1 is 1.75 bits per heavy atom. The molecule has 0 atom stereocenters. The molecule has 0 bridgehead atoms. The van der Waals surface area contributed by atoms with Crippen molar-refractivity contribution >= 4 is 48.9 Å². The molecular formula is H3BaClO2. The van der Waals surface area contributed by atoms with Gasteiger partial charge in [0.25, 0.3) is 0 Å². The number of halogens is 1. The summed E-state index contributed by atoms with van der Waals surface area (Å²) in [4.78, 5) is 0. The van der Waals surface area contributed by atoms with E-state index in [2.05, 4.69) is 0 Å². The topological polar surface area (TPSA) is 43.3 Å². The fourth-order valence-electron chi connectivity index (χ4n) is 0. The van der Waals surface area contributed by atoms with Gasteiger partial charge in [-0.15, -0.1) is 4.66 Å². The minimum absolute atomic E-state index is 0. The van der Waals surface area contributed by atoms with Crippen LogP contribution in [0, 0.1) is 11.3 Å². The van der Waals surface area contributed by atoms with Crippen molar-refractivity contribution in [3.63, 3.8) is 0 Å². The molecule has 4 heavy (non-hydrogen) atoms. The molecule has 0 radical (unpaired) electrons. The Morgan fingerprint density at radius 2 is 1.75 bits per heavy atom. The monoisotopic (exact) mass is 208 g/mol. The van der Waals surface area contributed by atoms with E-state index in [0.29, 0.717) is 0 Å². The van der Waals surface area contributed by atoms with E-state index >= 15 is 0 Å². The van der Waals surface area contributed by atoms with Crippen LogP contribution >= 0.6 is 0 Å². The smallest absolute Gasteiger partial charge is 0.327 e. The Morgan fingerprint density at radius 3 is 1.75 bits per heavy atom. The maximum Gasteiger partial charge on any atom is 0.327 e. The summed E-state index contributed by atoms with van der Waals surface area (Å²) in [6.45, 7) is 0. The molecule has 0 unspecified atom stereocenters. The summed E-state index contributed by atoms with van der Waals surface area (Å²) >= 11 is -0.167. The summed E-state index contributed by atoms with van der Waals surface area (Å²) < 4.78 is 15.2. The Kier molecular flexibility index (Phi) is 20.4. The molecule has 0 saturated carbocycles. The van der Waals surface area contributed by atoms with Gasteiger partial charge < -0.3 is 4.66 Å². The van der Waals surface area contributed by atoms with Crippen LogP contribution in [0.2, 0.25) is 0 Å². The minimum atomic E-state index is -0.167. The molecule has 0 aliphatic heterocycles. The van der Waals surface area contributed by atoms with Crippen LogP contribution < -0.4 is 4.66 Å². The molecule has 4 heteroatoms. The van der Waals surface area contributed by atoms with Crippen molar-refractivity contribution in [3.05, 3.63) is 0 Å². The van der Waals surface area contributed by atoms with Gasteiger partial charge in [0, 0.05) is 0 Å². The average molecular weight is 208 g/mol. The van der Waals surface area contributed by atoms with Crippen LogP contribution in [0.4, 0.5) is 0 Å². The fraction of sp³-hybridized carbons (Fsp3) is 0. The predicted molar refractivity (Wildman–Crippen MR) is 10.8 cm³/mol. The third-order valence-electron chi connectivity index (χ3n) is 0. The molecule has 0 aromatic heterocycles. The predicted octanol–water partition coefficient (Wildman–Crippen LogP) is -2.66. The van der Waals surface area contributed by atoms with Gasteiger partial charge in [-0.3, -0.25) is 0 Å². The zero-order valence-electron chi connectivity index (χ0n) is 1.23. The van der Waals surface area contributed by atoms with Crippen LogP contribution in [0.1, 0.15) is 0 Å². The molecule has 1 N–H and O–H groups in total. The molecule has 0 rings (SSSR count). The Labute approximate surface area is 68.3 Å². The first-order valence-corrected chi connectivity index (χ1v) is 0.970. The normalized spacial score (nSPS) is 4.50. The van der Waals surface area contributed by atoms with Crippen molar-refractivity contribution in [1.82, 2.24) is 0 Å². The molecule has 24 valence electrons. The van der Waals surface area contributed by atoms with Crippen LogP contribution in [-0.2, 0) is 0 Å². The van der Waals surface area contributed by atoms with Crippen molar-refractivity contribution in [2.75, 3.05) is 0 Å². The average Bonchev–Trinajstić information content (AvgIpc) is 0.918. The van der Waals surface area contributed by atoms with Gasteiger partial charge in [-0.25, -0.2) is 0 Å². The van der Waals surface area contributed by atoms with Gasteiger partial charge in [0.1, 0.15) is 0 Å². The standard InChI is InChI=1S/Ba.ClHO2.2H/c;2-1-3;;/h;2H;;. The minimum Gasteiger partial charge on any atom is -0.506 e. The molecule has 0 saturated heterocycles. The summed E-state index contributed by atoms with van der Waals surface area (Å²) in [5.74, 6) is 0. The first-order valence-electron chi connectivity index (χ1n) is 0.323. The Bertz CT molecular complexity index is 6.00. The first kappa shape index (κ1) is 9.24. The van der Waals surface area contributed by atoms with E-state index in [4.69, 9.17) is 9.32 Å². The van der Waals surface area contributed by atoms with Crippen LogP contribution in [0.25, 0.3) is 0 Å². The third-order valence-corrected chi connectivity index (χ3v) is 0. The Balaban J connectivity index is 0. The van der Waals surface area contributed by atoms with Crippen LogP contribution in [0.5, 0.6) is 0 Å². The maximum atomic E-state index is 8.35. The van der Waals surface area contributed by atoms with Crippen molar-refractivity contribution < 1.29 is 20.6 Å². The second-order valence-corrected chi connectivity index (χ2v) is 0.207. The van der Waals surface area contributed by atoms with E-state index in [1.807, 2.05) is 0 Å². The molecule has 0 spiro atoms. The van der Waals surface area contributed by atoms with Crippen molar-refractivity contribution in [2.45, 2.75) is 0 Å². The summed E-state index contributed by atoms with van der Waals surface area (Å²) in [7, 11) is 0. The van der Waals surface area contributed by atoms with E-state index in [9.17, 15) is 0 Å². The summed E-state index contributed by atoms with van der Waals surface area (Å²) in [5, 5.41) is 0. The largest absolute Gasteiger partial charge is 0.506 e. The summed E-state index contributed by atoms with van der Waals surface area (Å²) in [6.07, 6.45) is 0. The second kappa shape index (κ2) is 8.84. The van der Waals surface area contributed by atoms with Crippen molar-refractivity contribution in [2.24, 2.45) is 0 Å². The SMILES string of the molecule is [BaH2].[O-][Cl+]O. The fourth-order valence-corrected chi connectivity index (χ4v) is 0. The Hall–Kier alpha value is 1.78. The zero-order chi connectivity index (χ0) is 2.71. The molecule has 0 amide bonds. The van der Waals surface area contributed by atoms with Crippen LogP contribution in [-0.4, -0.2) is 53.5 Å². The molecule has 0 aliphatic rings. The van der Waals surface area contributed by atoms with E-state index in [1.54, 1.807) is 0 Å². The van der Waals surface area contributed by atoms with E-state index < -0.39 is 0 Å². The molecule has 0 aromatic rings. The molecular weight excluding hydrogens is 205 g/mol. The van der Waals surface area contributed by atoms with E-state index in [0.717, 1.165) is 0 Å². The van der Waals surface area contributed by atoms with Crippen molar-refractivity contribution in [1.29, 1.82) is 0 Å². The van der Waals surface area contributed by atoms with Gasteiger partial charge in [0.05, 0.1) is 0 Å². The van der Waals surface area contributed by atoms with E-state index in [-0.39, 0.29) is 60.2 Å². The summed E-state index contributed by atoms with van der Waals surface area (Å²) in [5.41, 5.74) is 0. The van der Waals surface area contributed by atoms with Gasteiger partial charge in [-0.1, -0.05) is 0 Å². The van der Waals surface area contributed by atoms with Gasteiger partial charge >= 0.3 is 60.2 Å². The van der Waals surface area contributed by atoms with Crippen LogP contribution in [0.3, 0.4) is 0 Å². The molecule has 2 nitrogen and oxygen atoms in total. The zero-order valence-corrected chi connectivity index (χ0v) is 1.99. The molecule has 0 fully saturated rings. The van der Waals surface area contributed by atoms with Crippen molar-refractivity contribution in [3.8, 4) is 0 Å². The number of hydrogen-bond donors (Lipinski definition) is 1. The number of hydrogen-bond acceptors (Lipinski definition) is 2. The quantitative estimate of drug-likeness (QED) is 0.441. The molecule has 0 aliphatic carbocycles. The second-order valence-electron chi connectivity index (χ2n) is 0.0690. The van der Waals surface area contributed by atoms with Crippen LogP contribution in [0.15, 0.2) is 0 Å². The first-order chi connectivity index (χ1) is 1.41. The van der Waals surface area contributed by atoms with Gasteiger partial charge in [0.2, 0.25) is 0 Å². The van der Waals surface area contributed by atoms with Gasteiger partial charge in [-0.2, -0.15) is 0 Å². The van der Waals surface area contributed by atoms with Gasteiger partial charge in [-0.05, 0) is 0 Å².